The van der Waals surface area contributed by atoms with E-state index in [0.29, 0.717) is 31.9 Å². The van der Waals surface area contributed by atoms with Gasteiger partial charge in [-0.1, -0.05) is 0 Å². The molecule has 1 aromatic carbocycles. The lowest BCUT2D eigenvalue weighted by atomic mass is 10.0. The van der Waals surface area contributed by atoms with Crippen LogP contribution in [0.1, 0.15) is 18.1 Å². The van der Waals surface area contributed by atoms with Crippen molar-refractivity contribution in [3.63, 3.8) is 0 Å². The largest absolute Gasteiger partial charge is 0.725 e. The van der Waals surface area contributed by atoms with Crippen LogP contribution in [0.4, 0.5) is 8.63 Å². The molecule has 26 heavy (non-hydrogen) atoms. The number of carbonyl (C=O) groups is 1. The molecule has 1 aromatic rings. The second-order valence-corrected chi connectivity index (χ2v) is 6.25. The number of hydrogen-bond acceptors (Lipinski definition) is 5. The van der Waals surface area contributed by atoms with Crippen molar-refractivity contribution in [3.8, 4) is 11.5 Å². The summed E-state index contributed by atoms with van der Waals surface area (Å²) >= 11 is 6.28. The van der Waals surface area contributed by atoms with E-state index in [2.05, 4.69) is 0 Å². The summed E-state index contributed by atoms with van der Waals surface area (Å²) in [6.45, 7) is 4.87. The Bertz CT molecular complexity index is 804. The summed E-state index contributed by atoms with van der Waals surface area (Å²) in [6, 6.07) is 2.98. The highest BCUT2D eigenvalue weighted by molar-refractivity contribution is 6.67. The number of esters is 1. The molecule has 0 amide bonds. The molecule has 0 unspecified atom stereocenters. The van der Waals surface area contributed by atoms with Gasteiger partial charge < -0.3 is 27.4 Å². The van der Waals surface area contributed by atoms with Crippen LogP contribution < -0.4 is 9.39 Å². The van der Waals surface area contributed by atoms with Gasteiger partial charge in [-0.25, -0.2) is 4.58 Å². The molecule has 0 atom stereocenters. The summed E-state index contributed by atoms with van der Waals surface area (Å²) in [7, 11) is -4.58. The van der Waals surface area contributed by atoms with E-state index in [1.807, 2.05) is 4.58 Å². The van der Waals surface area contributed by atoms with Crippen molar-refractivity contribution in [1.29, 1.82) is 0 Å². The third-order valence-corrected chi connectivity index (χ3v) is 4.31. The number of rotatable bonds is 2. The van der Waals surface area contributed by atoms with Gasteiger partial charge >= 0.3 is 13.1 Å². The molecule has 0 aliphatic carbocycles. The molecular formula is C16H17BClF2NO5. The van der Waals surface area contributed by atoms with E-state index in [1.165, 1.54) is 32.1 Å². The number of halogens is 3. The Morgan fingerprint density at radius 3 is 2.65 bits per heavy atom. The Morgan fingerprint density at radius 2 is 2.00 bits per heavy atom. The molecule has 0 N–H and O–H groups in total. The minimum atomic E-state index is -4.58. The van der Waals surface area contributed by atoms with E-state index < -0.39 is 13.1 Å². The van der Waals surface area contributed by atoms with E-state index in [9.17, 15) is 13.4 Å². The minimum Gasteiger partial charge on any atom is -0.627 e. The first-order valence-electron chi connectivity index (χ1n) is 8.04. The van der Waals surface area contributed by atoms with Crippen LogP contribution in [0.3, 0.4) is 0 Å². The van der Waals surface area contributed by atoms with Gasteiger partial charge in [-0.2, -0.15) is 0 Å². The SMILES string of the molecule is CC(=O)Oc1ccc2c(c1C)O[B-](F)(F)O/C2=C\C(Cl)=[N+]1CCOCC1. The third-order valence-electron chi connectivity index (χ3n) is 3.96. The molecule has 2 heterocycles. The van der Waals surface area contributed by atoms with Gasteiger partial charge in [0.25, 0.3) is 5.17 Å². The lowest BCUT2D eigenvalue weighted by Gasteiger charge is -2.37. The number of morpholine rings is 1. The normalized spacial score (nSPS) is 20.0. The Balaban J connectivity index is 2.05. The highest BCUT2D eigenvalue weighted by Crippen LogP contribution is 2.42. The Labute approximate surface area is 154 Å². The van der Waals surface area contributed by atoms with Crippen molar-refractivity contribution in [1.82, 2.24) is 0 Å². The lowest BCUT2D eigenvalue weighted by Crippen LogP contribution is -2.39. The molecule has 0 aromatic heterocycles. The highest BCUT2D eigenvalue weighted by Gasteiger charge is 2.40. The van der Waals surface area contributed by atoms with Crippen molar-refractivity contribution < 1.29 is 36.8 Å². The molecule has 0 spiro atoms. The molecule has 0 saturated carbocycles. The van der Waals surface area contributed by atoms with Gasteiger partial charge in [0.05, 0.1) is 23.1 Å². The number of nitrogens with zero attached hydrogens (tertiary/aromatic N) is 1. The van der Waals surface area contributed by atoms with Crippen LogP contribution in [0.5, 0.6) is 11.5 Å². The zero-order valence-electron chi connectivity index (χ0n) is 14.3. The molecule has 2 aliphatic heterocycles. The first-order valence-corrected chi connectivity index (χ1v) is 8.42. The van der Waals surface area contributed by atoms with Gasteiger partial charge in [0.2, 0.25) is 0 Å². The minimum absolute atomic E-state index is 0.0994. The van der Waals surface area contributed by atoms with Gasteiger partial charge in [0.1, 0.15) is 19.0 Å². The van der Waals surface area contributed by atoms with Gasteiger partial charge in [-0.15, -0.1) is 0 Å². The maximum absolute atomic E-state index is 14.0. The van der Waals surface area contributed by atoms with E-state index in [4.69, 9.17) is 30.4 Å². The first-order chi connectivity index (χ1) is 12.3. The fourth-order valence-corrected chi connectivity index (χ4v) is 3.01. The molecule has 6 nitrogen and oxygen atoms in total. The average Bonchev–Trinajstić information content (AvgIpc) is 2.57. The van der Waals surface area contributed by atoms with Crippen molar-refractivity contribution in [2.75, 3.05) is 26.3 Å². The zero-order chi connectivity index (χ0) is 18.9. The highest BCUT2D eigenvalue weighted by atomic mass is 35.5. The predicted octanol–water partition coefficient (Wildman–Crippen LogP) is 2.72. The second-order valence-electron chi connectivity index (χ2n) is 5.86. The fourth-order valence-electron chi connectivity index (χ4n) is 2.75. The van der Waals surface area contributed by atoms with E-state index in [1.54, 1.807) is 0 Å². The van der Waals surface area contributed by atoms with E-state index >= 15 is 0 Å². The maximum atomic E-state index is 14.0. The molecule has 3 rings (SSSR count). The van der Waals surface area contributed by atoms with Crippen molar-refractivity contribution in [3.05, 3.63) is 29.3 Å². The van der Waals surface area contributed by atoms with Gasteiger partial charge in [-0.3, -0.25) is 4.79 Å². The standard InChI is InChI=1S/C16H17BClF2NO5/c1-10-13(24-11(2)22)4-3-12-14(25-17(19,20)26-16(10)12)9-15(18)21-5-7-23-8-6-21/h3-4,9H,5-8H2,1-2H3/b14-9-. The third kappa shape index (κ3) is 3.99. The Hall–Kier alpha value is -2.13. The predicted molar refractivity (Wildman–Crippen MR) is 91.8 cm³/mol. The van der Waals surface area contributed by atoms with E-state index in [-0.39, 0.29) is 28.0 Å². The van der Waals surface area contributed by atoms with Crippen LogP contribution in [0, 0.1) is 6.92 Å². The number of ether oxygens (including phenoxy) is 2. The van der Waals surface area contributed by atoms with Crippen molar-refractivity contribution in [2.45, 2.75) is 13.8 Å². The maximum Gasteiger partial charge on any atom is 0.725 e. The van der Waals surface area contributed by atoms with Crippen molar-refractivity contribution >= 4 is 35.6 Å². The summed E-state index contributed by atoms with van der Waals surface area (Å²) in [5.41, 5.74) is 0.577. The molecular weight excluding hydrogens is 370 g/mol. The molecule has 2 aliphatic rings. The first kappa shape index (κ1) is 18.7. The monoisotopic (exact) mass is 387 g/mol. The van der Waals surface area contributed by atoms with Crippen LogP contribution in [0.25, 0.3) is 5.76 Å². The smallest absolute Gasteiger partial charge is 0.627 e. The molecule has 1 saturated heterocycles. The summed E-state index contributed by atoms with van der Waals surface area (Å²) in [5, 5.41) is 0.268. The number of fused-ring (bicyclic) bond motifs is 1. The zero-order valence-corrected chi connectivity index (χ0v) is 15.0. The number of carbonyl (C=O) groups excluding carboxylic acids is 1. The van der Waals surface area contributed by atoms with Gasteiger partial charge in [0, 0.05) is 12.5 Å². The van der Waals surface area contributed by atoms with Gasteiger partial charge in [0.15, 0.2) is 13.1 Å². The summed E-state index contributed by atoms with van der Waals surface area (Å²) in [5.74, 6) is -0.618. The second kappa shape index (κ2) is 7.24. The van der Waals surface area contributed by atoms with Gasteiger partial charge in [-0.05, 0) is 30.7 Å². The molecule has 1 fully saturated rings. The molecule has 0 bridgehead atoms. The summed E-state index contributed by atoms with van der Waals surface area (Å²) < 4.78 is 49.5. The summed E-state index contributed by atoms with van der Waals surface area (Å²) in [4.78, 5) is 11.2. The number of benzene rings is 1. The molecule has 140 valence electrons. The van der Waals surface area contributed by atoms with Crippen LogP contribution in [-0.4, -0.2) is 49.1 Å². The van der Waals surface area contributed by atoms with Crippen LogP contribution in [-0.2, 0) is 14.2 Å². The quantitative estimate of drug-likeness (QED) is 0.338. The average molecular weight is 388 g/mol. The van der Waals surface area contributed by atoms with Crippen LogP contribution >= 0.6 is 11.6 Å². The molecule has 0 radical (unpaired) electrons. The number of hydrogen-bond donors (Lipinski definition) is 0. The van der Waals surface area contributed by atoms with Crippen molar-refractivity contribution in [2.24, 2.45) is 0 Å². The number of allylic oxidation sites excluding steroid dienone is 1. The summed E-state index contributed by atoms with van der Waals surface area (Å²) in [6.07, 6.45) is 1.34. The molecule has 10 heteroatoms. The lowest BCUT2D eigenvalue weighted by molar-refractivity contribution is -0.546. The van der Waals surface area contributed by atoms with Crippen LogP contribution in [0.2, 0.25) is 0 Å². The van der Waals surface area contributed by atoms with E-state index in [0.717, 1.165) is 0 Å². The topological polar surface area (TPSA) is 57.0 Å². The fraction of sp³-hybridized carbons (Fsp3) is 0.375. The Morgan fingerprint density at radius 1 is 1.31 bits per heavy atom. The van der Waals surface area contributed by atoms with Crippen LogP contribution in [0.15, 0.2) is 18.2 Å². The Kier molecular flexibility index (Phi) is 5.20.